The van der Waals surface area contributed by atoms with Crippen LogP contribution in [0, 0.1) is 5.92 Å². The number of esters is 1. The highest BCUT2D eigenvalue weighted by Crippen LogP contribution is 2.07. The van der Waals surface area contributed by atoms with Crippen molar-refractivity contribution in [3.8, 4) is 0 Å². The highest BCUT2D eigenvalue weighted by Gasteiger charge is 2.26. The largest absolute Gasteiger partial charge is 0.480 e. The first kappa shape index (κ1) is 17.4. The van der Waals surface area contributed by atoms with Gasteiger partial charge in [0, 0.05) is 6.42 Å². The van der Waals surface area contributed by atoms with Crippen molar-refractivity contribution in [2.24, 2.45) is 11.7 Å². The molecule has 0 aliphatic rings. The van der Waals surface area contributed by atoms with E-state index in [1.165, 1.54) is 7.11 Å². The number of hydrogen-bond acceptors (Lipinski definition) is 5. The summed E-state index contributed by atoms with van der Waals surface area (Å²) < 4.78 is 4.42. The molecule has 0 heterocycles. The van der Waals surface area contributed by atoms with Crippen molar-refractivity contribution >= 4 is 17.8 Å². The molecule has 0 aromatic carbocycles. The van der Waals surface area contributed by atoms with Crippen molar-refractivity contribution < 1.29 is 24.2 Å². The predicted molar refractivity (Wildman–Crippen MR) is 68.2 cm³/mol. The first-order valence-corrected chi connectivity index (χ1v) is 6.19. The molecule has 0 spiro atoms. The molecular weight excluding hydrogens is 252 g/mol. The van der Waals surface area contributed by atoms with Gasteiger partial charge in [-0.1, -0.05) is 20.3 Å². The molecular formula is C12H22N2O5. The molecule has 0 aromatic heterocycles. The predicted octanol–water partition coefficient (Wildman–Crippen LogP) is -0.118. The topological polar surface area (TPSA) is 119 Å². The van der Waals surface area contributed by atoms with Gasteiger partial charge in [-0.2, -0.15) is 0 Å². The van der Waals surface area contributed by atoms with Crippen molar-refractivity contribution in [3.05, 3.63) is 0 Å². The van der Waals surface area contributed by atoms with Crippen LogP contribution in [0.15, 0.2) is 0 Å². The monoisotopic (exact) mass is 274 g/mol. The Balaban J connectivity index is 4.46. The van der Waals surface area contributed by atoms with Crippen LogP contribution in [0.1, 0.15) is 33.1 Å². The highest BCUT2D eigenvalue weighted by atomic mass is 16.5. The van der Waals surface area contributed by atoms with E-state index in [0.717, 1.165) is 0 Å². The SMILES string of the molecule is CC[C@H](C)[C@H](N)C(=O)N[C@@H](CCC(=O)OC)C(=O)O. The number of ether oxygens (including phenoxy) is 1. The molecule has 0 bridgehead atoms. The molecule has 4 N–H and O–H groups in total. The molecule has 19 heavy (non-hydrogen) atoms. The van der Waals surface area contributed by atoms with Crippen LogP contribution in [0.25, 0.3) is 0 Å². The van der Waals surface area contributed by atoms with Gasteiger partial charge in [0.2, 0.25) is 5.91 Å². The second-order valence-corrected chi connectivity index (χ2v) is 4.43. The number of carbonyl (C=O) groups is 3. The Morgan fingerprint density at radius 2 is 1.95 bits per heavy atom. The number of nitrogens with two attached hydrogens (primary N) is 1. The maximum absolute atomic E-state index is 11.8. The van der Waals surface area contributed by atoms with Crippen molar-refractivity contribution in [1.29, 1.82) is 0 Å². The number of carbonyl (C=O) groups excluding carboxylic acids is 2. The van der Waals surface area contributed by atoms with Gasteiger partial charge in [0.05, 0.1) is 13.2 Å². The average Bonchev–Trinajstić information content (AvgIpc) is 2.40. The lowest BCUT2D eigenvalue weighted by Gasteiger charge is -2.20. The number of carboxylic acid groups (broad SMARTS) is 1. The molecule has 0 aliphatic carbocycles. The maximum Gasteiger partial charge on any atom is 0.326 e. The molecule has 7 nitrogen and oxygen atoms in total. The lowest BCUT2D eigenvalue weighted by Crippen LogP contribution is -2.50. The van der Waals surface area contributed by atoms with E-state index in [2.05, 4.69) is 10.1 Å². The number of rotatable bonds is 8. The van der Waals surface area contributed by atoms with Crippen LogP contribution in [0.2, 0.25) is 0 Å². The third kappa shape index (κ3) is 6.19. The molecule has 0 fully saturated rings. The van der Waals surface area contributed by atoms with Crippen LogP contribution in [-0.4, -0.2) is 42.1 Å². The summed E-state index contributed by atoms with van der Waals surface area (Å²) in [5.74, 6) is -2.29. The Bertz CT molecular complexity index is 332. The van der Waals surface area contributed by atoms with E-state index in [0.29, 0.717) is 6.42 Å². The fourth-order valence-electron chi connectivity index (χ4n) is 1.40. The lowest BCUT2D eigenvalue weighted by molar-refractivity contribution is -0.144. The molecule has 0 saturated heterocycles. The number of aliphatic carboxylic acids is 1. The Morgan fingerprint density at radius 3 is 2.37 bits per heavy atom. The van der Waals surface area contributed by atoms with Crippen LogP contribution in [0.4, 0.5) is 0 Å². The summed E-state index contributed by atoms with van der Waals surface area (Å²) in [4.78, 5) is 33.7. The Kier molecular flexibility index (Phi) is 7.74. The third-order valence-electron chi connectivity index (χ3n) is 3.04. The van der Waals surface area contributed by atoms with Gasteiger partial charge < -0.3 is 20.9 Å². The fraction of sp³-hybridized carbons (Fsp3) is 0.750. The normalized spacial score (nSPS) is 15.2. The average molecular weight is 274 g/mol. The van der Waals surface area contributed by atoms with Crippen molar-refractivity contribution in [3.63, 3.8) is 0 Å². The van der Waals surface area contributed by atoms with Gasteiger partial charge in [-0.05, 0) is 12.3 Å². The van der Waals surface area contributed by atoms with Crippen LogP contribution in [0.3, 0.4) is 0 Å². The molecule has 0 saturated carbocycles. The summed E-state index contributed by atoms with van der Waals surface area (Å²) in [6, 6.07) is -1.90. The first-order chi connectivity index (χ1) is 8.83. The summed E-state index contributed by atoms with van der Waals surface area (Å²) in [5.41, 5.74) is 5.71. The van der Waals surface area contributed by atoms with Gasteiger partial charge >= 0.3 is 11.9 Å². The molecule has 0 aromatic rings. The number of nitrogens with one attached hydrogen (secondary N) is 1. The van der Waals surface area contributed by atoms with Crippen molar-refractivity contribution in [2.75, 3.05) is 7.11 Å². The fourth-order valence-corrected chi connectivity index (χ4v) is 1.40. The van der Waals surface area contributed by atoms with E-state index in [1.54, 1.807) is 0 Å². The van der Waals surface area contributed by atoms with Gasteiger partial charge in [-0.15, -0.1) is 0 Å². The third-order valence-corrected chi connectivity index (χ3v) is 3.04. The highest BCUT2D eigenvalue weighted by molar-refractivity contribution is 5.87. The number of hydrogen-bond donors (Lipinski definition) is 3. The smallest absolute Gasteiger partial charge is 0.326 e. The summed E-state index contributed by atoms with van der Waals surface area (Å²) >= 11 is 0. The van der Waals surface area contributed by atoms with Crippen LogP contribution in [0.5, 0.6) is 0 Å². The van der Waals surface area contributed by atoms with Crippen LogP contribution in [-0.2, 0) is 19.1 Å². The Hall–Kier alpha value is -1.63. The maximum atomic E-state index is 11.8. The summed E-state index contributed by atoms with van der Waals surface area (Å²) in [7, 11) is 1.22. The van der Waals surface area contributed by atoms with Crippen molar-refractivity contribution in [1.82, 2.24) is 5.32 Å². The minimum atomic E-state index is -1.20. The zero-order valence-corrected chi connectivity index (χ0v) is 11.5. The van der Waals surface area contributed by atoms with Crippen LogP contribution < -0.4 is 11.1 Å². The number of carboxylic acids is 1. The molecule has 1 amide bonds. The minimum absolute atomic E-state index is 0.0268. The van der Waals surface area contributed by atoms with E-state index >= 15 is 0 Å². The van der Waals surface area contributed by atoms with Crippen molar-refractivity contribution in [2.45, 2.75) is 45.2 Å². The molecule has 0 unspecified atom stereocenters. The first-order valence-electron chi connectivity index (χ1n) is 6.19. The molecule has 7 heteroatoms. The van der Waals surface area contributed by atoms with E-state index in [-0.39, 0.29) is 18.8 Å². The van der Waals surface area contributed by atoms with Gasteiger partial charge in [0.25, 0.3) is 0 Å². The summed E-state index contributed by atoms with van der Waals surface area (Å²) in [5, 5.41) is 11.3. The van der Waals surface area contributed by atoms with Gasteiger partial charge in [0.15, 0.2) is 0 Å². The number of methoxy groups -OCH3 is 1. The Labute approximate surface area is 112 Å². The van der Waals surface area contributed by atoms with Crippen LogP contribution >= 0.6 is 0 Å². The van der Waals surface area contributed by atoms with E-state index in [4.69, 9.17) is 10.8 Å². The molecule has 3 atom stereocenters. The van der Waals surface area contributed by atoms with E-state index in [1.807, 2.05) is 13.8 Å². The minimum Gasteiger partial charge on any atom is -0.480 e. The standard InChI is InChI=1S/C12H22N2O5/c1-4-7(2)10(13)11(16)14-8(12(17)18)5-6-9(15)19-3/h7-8,10H,4-6,13H2,1-3H3,(H,14,16)(H,17,18)/t7-,8-,10-/m0/s1. The lowest BCUT2D eigenvalue weighted by atomic mass is 9.99. The molecule has 0 aliphatic heterocycles. The summed E-state index contributed by atoms with van der Waals surface area (Å²) in [6.07, 6.45) is 0.613. The second kappa shape index (κ2) is 8.47. The molecule has 0 rings (SSSR count). The molecule has 110 valence electrons. The van der Waals surface area contributed by atoms with E-state index in [9.17, 15) is 14.4 Å². The quantitative estimate of drug-likeness (QED) is 0.531. The Morgan fingerprint density at radius 1 is 1.37 bits per heavy atom. The van der Waals surface area contributed by atoms with Gasteiger partial charge in [0.1, 0.15) is 6.04 Å². The zero-order valence-electron chi connectivity index (χ0n) is 11.5. The zero-order chi connectivity index (χ0) is 15.0. The van der Waals surface area contributed by atoms with Gasteiger partial charge in [-0.25, -0.2) is 4.79 Å². The second-order valence-electron chi connectivity index (χ2n) is 4.43. The molecule has 0 radical (unpaired) electrons. The summed E-state index contributed by atoms with van der Waals surface area (Å²) in [6.45, 7) is 3.71. The number of amides is 1. The van der Waals surface area contributed by atoms with E-state index < -0.39 is 29.9 Å². The van der Waals surface area contributed by atoms with Gasteiger partial charge in [-0.3, -0.25) is 9.59 Å².